The number of ether oxygens (including phenoxy) is 2. The maximum Gasteiger partial charge on any atom is 0.233 e. The van der Waals surface area contributed by atoms with Gasteiger partial charge in [0.25, 0.3) is 0 Å². The second-order valence-electron chi connectivity index (χ2n) is 5.82. The Balaban J connectivity index is 1.71. The first-order valence-electron chi connectivity index (χ1n) is 8.37. The van der Waals surface area contributed by atoms with Crippen LogP contribution in [0.2, 0.25) is 0 Å². The van der Waals surface area contributed by atoms with Crippen molar-refractivity contribution in [2.75, 3.05) is 27.3 Å². The Bertz CT molecular complexity index is 701. The second kappa shape index (κ2) is 9.69. The van der Waals surface area contributed by atoms with Gasteiger partial charge in [0.2, 0.25) is 5.91 Å². The van der Waals surface area contributed by atoms with E-state index in [1.54, 1.807) is 14.2 Å². The van der Waals surface area contributed by atoms with Crippen molar-refractivity contribution in [2.24, 2.45) is 0 Å². The molecule has 5 nitrogen and oxygen atoms in total. The van der Waals surface area contributed by atoms with E-state index in [4.69, 9.17) is 9.47 Å². The molecule has 0 spiro atoms. The molecule has 0 bridgehead atoms. The van der Waals surface area contributed by atoms with Gasteiger partial charge in [-0.25, -0.2) is 0 Å². The lowest BCUT2D eigenvalue weighted by Crippen LogP contribution is -2.34. The molecule has 0 aromatic heterocycles. The smallest absolute Gasteiger partial charge is 0.233 e. The lowest BCUT2D eigenvalue weighted by atomic mass is 10.1. The highest BCUT2D eigenvalue weighted by atomic mass is 16.5. The minimum atomic E-state index is -0.00550. The number of aryl methyl sites for hydroxylation is 1. The molecule has 0 aliphatic rings. The van der Waals surface area contributed by atoms with E-state index < -0.39 is 0 Å². The summed E-state index contributed by atoms with van der Waals surface area (Å²) in [7, 11) is 3.23. The van der Waals surface area contributed by atoms with E-state index in [0.717, 1.165) is 12.0 Å². The Labute approximate surface area is 149 Å². The van der Waals surface area contributed by atoms with E-state index in [0.29, 0.717) is 31.1 Å². The normalized spacial score (nSPS) is 10.4. The molecule has 2 aromatic rings. The van der Waals surface area contributed by atoms with Crippen molar-refractivity contribution in [3.8, 4) is 11.5 Å². The summed E-state index contributed by atoms with van der Waals surface area (Å²) in [5.41, 5.74) is 3.52. The van der Waals surface area contributed by atoms with Crippen LogP contribution < -0.4 is 20.1 Å². The van der Waals surface area contributed by atoms with E-state index in [1.807, 2.05) is 30.3 Å². The Morgan fingerprint density at radius 1 is 1.04 bits per heavy atom. The van der Waals surface area contributed by atoms with Gasteiger partial charge in [0.05, 0.1) is 20.8 Å². The fourth-order valence-corrected chi connectivity index (χ4v) is 2.56. The molecule has 0 saturated carbocycles. The average molecular weight is 342 g/mol. The molecule has 25 heavy (non-hydrogen) atoms. The summed E-state index contributed by atoms with van der Waals surface area (Å²) >= 11 is 0. The largest absolute Gasteiger partial charge is 0.493 e. The van der Waals surface area contributed by atoms with Crippen LogP contribution in [0.5, 0.6) is 11.5 Å². The van der Waals surface area contributed by atoms with Crippen LogP contribution in [0.1, 0.15) is 16.7 Å². The number of benzene rings is 2. The molecule has 0 heterocycles. The highest BCUT2D eigenvalue weighted by Crippen LogP contribution is 2.27. The number of rotatable bonds is 9. The van der Waals surface area contributed by atoms with E-state index in [9.17, 15) is 4.79 Å². The summed E-state index contributed by atoms with van der Waals surface area (Å²) < 4.78 is 10.5. The summed E-state index contributed by atoms with van der Waals surface area (Å²) in [6, 6.07) is 13.9. The van der Waals surface area contributed by atoms with Crippen molar-refractivity contribution < 1.29 is 14.3 Å². The van der Waals surface area contributed by atoms with Gasteiger partial charge in [-0.05, 0) is 42.2 Å². The van der Waals surface area contributed by atoms with Gasteiger partial charge in [0.1, 0.15) is 0 Å². The summed E-state index contributed by atoms with van der Waals surface area (Å²) in [5, 5.41) is 6.10. The third-order valence-corrected chi connectivity index (χ3v) is 4.05. The van der Waals surface area contributed by atoms with Crippen molar-refractivity contribution in [1.82, 2.24) is 10.6 Å². The van der Waals surface area contributed by atoms with Crippen molar-refractivity contribution in [2.45, 2.75) is 19.9 Å². The minimum Gasteiger partial charge on any atom is -0.493 e. The van der Waals surface area contributed by atoms with Gasteiger partial charge in [0.15, 0.2) is 11.5 Å². The third-order valence-electron chi connectivity index (χ3n) is 4.05. The molecule has 0 saturated heterocycles. The average Bonchev–Trinajstić information content (AvgIpc) is 2.63. The van der Waals surface area contributed by atoms with Gasteiger partial charge in [-0.3, -0.25) is 4.79 Å². The zero-order chi connectivity index (χ0) is 18.1. The fourth-order valence-electron chi connectivity index (χ4n) is 2.56. The summed E-state index contributed by atoms with van der Waals surface area (Å²) in [5.74, 6) is 1.40. The van der Waals surface area contributed by atoms with Gasteiger partial charge < -0.3 is 20.1 Å². The van der Waals surface area contributed by atoms with Gasteiger partial charge in [-0.2, -0.15) is 0 Å². The van der Waals surface area contributed by atoms with E-state index in [2.05, 4.69) is 29.7 Å². The van der Waals surface area contributed by atoms with Gasteiger partial charge in [-0.15, -0.1) is 0 Å². The van der Waals surface area contributed by atoms with Crippen LogP contribution >= 0.6 is 0 Å². The maximum atomic E-state index is 11.9. The Kier molecular flexibility index (Phi) is 7.29. The molecule has 5 heteroatoms. The number of carbonyl (C=O) groups is 1. The van der Waals surface area contributed by atoms with Crippen LogP contribution in [0, 0.1) is 6.92 Å². The van der Waals surface area contributed by atoms with Crippen LogP contribution in [0.15, 0.2) is 42.5 Å². The highest BCUT2D eigenvalue weighted by molar-refractivity contribution is 5.77. The first-order valence-corrected chi connectivity index (χ1v) is 8.37. The summed E-state index contributed by atoms with van der Waals surface area (Å²) in [6.45, 7) is 3.65. The fraction of sp³-hybridized carbons (Fsp3) is 0.350. The first kappa shape index (κ1) is 18.8. The van der Waals surface area contributed by atoms with Crippen molar-refractivity contribution in [3.05, 3.63) is 59.2 Å². The van der Waals surface area contributed by atoms with Crippen LogP contribution in [0.3, 0.4) is 0 Å². The molecule has 0 fully saturated rings. The predicted octanol–water partition coefficient (Wildman–Crippen LogP) is 2.46. The van der Waals surface area contributed by atoms with Crippen LogP contribution in [-0.2, 0) is 17.8 Å². The van der Waals surface area contributed by atoms with E-state index in [-0.39, 0.29) is 5.91 Å². The molecule has 0 aliphatic heterocycles. The van der Waals surface area contributed by atoms with Crippen LogP contribution in [0.25, 0.3) is 0 Å². The number of hydrogen-bond donors (Lipinski definition) is 2. The highest BCUT2D eigenvalue weighted by Gasteiger charge is 2.06. The molecular formula is C20H26N2O3. The van der Waals surface area contributed by atoms with Crippen molar-refractivity contribution in [1.29, 1.82) is 0 Å². The Morgan fingerprint density at radius 3 is 2.52 bits per heavy atom. The zero-order valence-corrected chi connectivity index (χ0v) is 15.1. The van der Waals surface area contributed by atoms with E-state index in [1.165, 1.54) is 11.1 Å². The SMILES string of the molecule is COc1ccc(CCNC(=O)CNCc2ccccc2C)cc1OC. The molecule has 0 radical (unpaired) electrons. The number of hydrogen-bond acceptors (Lipinski definition) is 4. The predicted molar refractivity (Wildman–Crippen MR) is 99.1 cm³/mol. The van der Waals surface area contributed by atoms with Crippen LogP contribution in [0.4, 0.5) is 0 Å². The van der Waals surface area contributed by atoms with Gasteiger partial charge in [0, 0.05) is 13.1 Å². The third kappa shape index (κ3) is 5.80. The van der Waals surface area contributed by atoms with Crippen LogP contribution in [-0.4, -0.2) is 33.2 Å². The van der Waals surface area contributed by atoms with Crippen molar-refractivity contribution in [3.63, 3.8) is 0 Å². The first-order chi connectivity index (χ1) is 12.1. The number of nitrogens with one attached hydrogen (secondary N) is 2. The van der Waals surface area contributed by atoms with Gasteiger partial charge in [-0.1, -0.05) is 30.3 Å². The van der Waals surface area contributed by atoms with E-state index >= 15 is 0 Å². The molecule has 0 unspecified atom stereocenters. The molecule has 0 atom stereocenters. The number of methoxy groups -OCH3 is 2. The standard InChI is InChI=1S/C20H26N2O3/c1-15-6-4-5-7-17(15)13-21-14-20(23)22-11-10-16-8-9-18(24-2)19(12-16)25-3/h4-9,12,21H,10-11,13-14H2,1-3H3,(H,22,23). The molecule has 1 amide bonds. The quantitative estimate of drug-likeness (QED) is 0.735. The van der Waals surface area contributed by atoms with Gasteiger partial charge >= 0.3 is 0 Å². The Hall–Kier alpha value is -2.53. The van der Waals surface area contributed by atoms with Crippen molar-refractivity contribution >= 4 is 5.91 Å². The molecule has 2 N–H and O–H groups in total. The lowest BCUT2D eigenvalue weighted by molar-refractivity contribution is -0.120. The molecule has 134 valence electrons. The monoisotopic (exact) mass is 342 g/mol. The number of carbonyl (C=O) groups excluding carboxylic acids is 1. The second-order valence-corrected chi connectivity index (χ2v) is 5.82. The molecule has 2 rings (SSSR count). The summed E-state index contributed by atoms with van der Waals surface area (Å²) in [4.78, 5) is 11.9. The topological polar surface area (TPSA) is 59.6 Å². The molecule has 0 aliphatic carbocycles. The summed E-state index contributed by atoms with van der Waals surface area (Å²) in [6.07, 6.45) is 0.740. The minimum absolute atomic E-state index is 0.00550. The molecule has 2 aromatic carbocycles. The maximum absolute atomic E-state index is 11.9. The molecular weight excluding hydrogens is 316 g/mol. The zero-order valence-electron chi connectivity index (χ0n) is 15.1. The Morgan fingerprint density at radius 2 is 1.80 bits per heavy atom. The number of amides is 1. The lowest BCUT2D eigenvalue weighted by Gasteiger charge is -2.11.